The van der Waals surface area contributed by atoms with Gasteiger partial charge in [0.1, 0.15) is 0 Å². The minimum atomic E-state index is -1.18. The molecule has 27 heavy (non-hydrogen) atoms. The van der Waals surface area contributed by atoms with Gasteiger partial charge in [0.05, 0.1) is 17.5 Å². The minimum Gasteiger partial charge on any atom is -0.550 e. The molecule has 0 radical (unpaired) electrons. The zero-order valence-electron chi connectivity index (χ0n) is 14.8. The third-order valence-corrected chi connectivity index (χ3v) is 6.12. The number of hydrogen-bond acceptors (Lipinski definition) is 5. The third kappa shape index (κ3) is 3.11. The van der Waals surface area contributed by atoms with Crippen LogP contribution in [0.15, 0.2) is 24.3 Å². The summed E-state index contributed by atoms with van der Waals surface area (Å²) in [6.45, 7) is 0. The van der Waals surface area contributed by atoms with E-state index in [4.69, 9.17) is 0 Å². The van der Waals surface area contributed by atoms with Crippen LogP contribution in [0.1, 0.15) is 38.5 Å². The van der Waals surface area contributed by atoms with E-state index in [0.29, 0.717) is 23.2 Å². The number of carboxylic acid groups (broad SMARTS) is 1. The fraction of sp³-hybridized carbons (Fsp3) is 0.500. The van der Waals surface area contributed by atoms with E-state index < -0.39 is 5.97 Å². The third-order valence-electron chi connectivity index (χ3n) is 6.12. The molecular formula is C20H21N2O5-. The quantitative estimate of drug-likeness (QED) is 0.755. The molecule has 2 saturated carbocycles. The fourth-order valence-electron chi connectivity index (χ4n) is 4.97. The molecule has 1 aromatic carbocycles. The number of carbonyl (C=O) groups is 4. The van der Waals surface area contributed by atoms with Crippen molar-refractivity contribution in [3.8, 4) is 0 Å². The first kappa shape index (κ1) is 17.7. The lowest BCUT2D eigenvalue weighted by Crippen LogP contribution is -2.32. The predicted molar refractivity (Wildman–Crippen MR) is 94.2 cm³/mol. The molecule has 2 aliphatic carbocycles. The van der Waals surface area contributed by atoms with Crippen LogP contribution < -0.4 is 15.3 Å². The first-order valence-electron chi connectivity index (χ1n) is 9.43. The van der Waals surface area contributed by atoms with Crippen LogP contribution in [0.4, 0.5) is 11.4 Å². The van der Waals surface area contributed by atoms with Gasteiger partial charge in [-0.3, -0.25) is 19.3 Å². The number of nitrogens with zero attached hydrogens (tertiary/aromatic N) is 1. The Bertz CT molecular complexity index is 775. The van der Waals surface area contributed by atoms with Crippen molar-refractivity contribution in [2.24, 2.45) is 23.7 Å². The molecule has 3 amide bonds. The number of benzene rings is 1. The van der Waals surface area contributed by atoms with E-state index in [1.807, 2.05) is 0 Å². The second-order valence-electron chi connectivity index (χ2n) is 7.72. The van der Waals surface area contributed by atoms with Crippen LogP contribution >= 0.6 is 0 Å². The topological polar surface area (TPSA) is 107 Å². The second kappa shape index (κ2) is 6.79. The lowest BCUT2D eigenvalue weighted by atomic mass is 9.81. The maximum absolute atomic E-state index is 12.8. The van der Waals surface area contributed by atoms with Crippen molar-refractivity contribution in [3.05, 3.63) is 24.3 Å². The molecule has 2 bridgehead atoms. The van der Waals surface area contributed by atoms with Crippen molar-refractivity contribution in [1.29, 1.82) is 0 Å². The highest BCUT2D eigenvalue weighted by Gasteiger charge is 2.61. The van der Waals surface area contributed by atoms with E-state index >= 15 is 0 Å². The Hall–Kier alpha value is -2.70. The molecule has 3 fully saturated rings. The highest BCUT2D eigenvalue weighted by Crippen LogP contribution is 2.56. The number of amides is 3. The van der Waals surface area contributed by atoms with Gasteiger partial charge in [-0.1, -0.05) is 0 Å². The Kier molecular flexibility index (Phi) is 4.45. The molecule has 0 spiro atoms. The lowest BCUT2D eigenvalue weighted by Gasteiger charge is -2.19. The Labute approximate surface area is 156 Å². The lowest BCUT2D eigenvalue weighted by molar-refractivity contribution is -0.305. The van der Waals surface area contributed by atoms with Crippen molar-refractivity contribution in [1.82, 2.24) is 0 Å². The van der Waals surface area contributed by atoms with Gasteiger partial charge < -0.3 is 15.2 Å². The fourth-order valence-corrected chi connectivity index (χ4v) is 4.97. The Morgan fingerprint density at radius 3 is 2.15 bits per heavy atom. The number of aliphatic carboxylic acids is 1. The van der Waals surface area contributed by atoms with Crippen LogP contribution in [-0.2, 0) is 19.2 Å². The summed E-state index contributed by atoms with van der Waals surface area (Å²) in [4.78, 5) is 49.1. The molecule has 0 unspecified atom stereocenters. The molecule has 4 atom stereocenters. The van der Waals surface area contributed by atoms with Crippen LogP contribution in [0.2, 0.25) is 0 Å². The van der Waals surface area contributed by atoms with Gasteiger partial charge in [-0.25, -0.2) is 0 Å². The van der Waals surface area contributed by atoms with Crippen LogP contribution in [-0.4, -0.2) is 23.7 Å². The summed E-state index contributed by atoms with van der Waals surface area (Å²) in [6, 6.07) is 6.62. The zero-order valence-corrected chi connectivity index (χ0v) is 14.8. The largest absolute Gasteiger partial charge is 0.550 e. The number of nitrogens with one attached hydrogen (secondary N) is 1. The van der Waals surface area contributed by atoms with Crippen molar-refractivity contribution in [2.45, 2.75) is 38.5 Å². The number of carbonyl (C=O) groups excluding carboxylic acids is 4. The van der Waals surface area contributed by atoms with Gasteiger partial charge in [-0.15, -0.1) is 0 Å². The maximum atomic E-state index is 12.8. The molecule has 4 rings (SSSR count). The summed E-state index contributed by atoms with van der Waals surface area (Å²) < 4.78 is 0. The Morgan fingerprint density at radius 1 is 1.00 bits per heavy atom. The summed E-state index contributed by atoms with van der Waals surface area (Å²) >= 11 is 0. The summed E-state index contributed by atoms with van der Waals surface area (Å²) in [6.07, 6.45) is 3.24. The highest BCUT2D eigenvalue weighted by molar-refractivity contribution is 6.22. The predicted octanol–water partition coefficient (Wildman–Crippen LogP) is 1.08. The van der Waals surface area contributed by atoms with Crippen molar-refractivity contribution in [3.63, 3.8) is 0 Å². The van der Waals surface area contributed by atoms with Crippen molar-refractivity contribution in [2.75, 3.05) is 10.2 Å². The average Bonchev–Trinajstić information content (AvgIpc) is 3.30. The molecule has 1 saturated heterocycles. The number of hydrogen-bond donors (Lipinski definition) is 1. The number of anilines is 2. The van der Waals surface area contributed by atoms with E-state index in [0.717, 1.165) is 19.3 Å². The standard InChI is InChI=1S/C20H22N2O5/c23-15(2-1-3-16(24)25)21-13-6-8-14(9-7-13)22-19(26)17-11-4-5-12(10-11)18(17)20(22)27/h6-9,11-12,17-18H,1-5,10H2,(H,21,23)(H,24,25)/p-1/t11-,12-,17-,18+/m1/s1. The van der Waals surface area contributed by atoms with Crippen LogP contribution in [0, 0.1) is 23.7 Å². The molecule has 1 heterocycles. The van der Waals surface area contributed by atoms with E-state index in [1.54, 1.807) is 24.3 Å². The van der Waals surface area contributed by atoms with E-state index in [9.17, 15) is 24.3 Å². The number of fused-ring (bicyclic) bond motifs is 5. The monoisotopic (exact) mass is 369 g/mol. The smallest absolute Gasteiger partial charge is 0.237 e. The highest BCUT2D eigenvalue weighted by atomic mass is 16.4. The SMILES string of the molecule is O=C([O-])CCCC(=O)Nc1ccc(N2C(=O)[C@@H]3[C@@H]4CC[C@H](C4)[C@@H]3C2=O)cc1. The first-order valence-corrected chi connectivity index (χ1v) is 9.43. The van der Waals surface area contributed by atoms with Crippen LogP contribution in [0.5, 0.6) is 0 Å². The number of carboxylic acids is 1. The molecule has 1 aromatic rings. The molecule has 3 aliphatic rings. The first-order chi connectivity index (χ1) is 13.0. The average molecular weight is 369 g/mol. The normalized spacial score (nSPS) is 28.5. The summed E-state index contributed by atoms with van der Waals surface area (Å²) in [5.74, 6) is -1.25. The Morgan fingerprint density at radius 2 is 1.59 bits per heavy atom. The minimum absolute atomic E-state index is 0.0868. The van der Waals surface area contributed by atoms with Gasteiger partial charge in [0.25, 0.3) is 0 Å². The molecule has 7 nitrogen and oxygen atoms in total. The maximum Gasteiger partial charge on any atom is 0.237 e. The molecule has 142 valence electrons. The van der Waals surface area contributed by atoms with E-state index in [-0.39, 0.29) is 48.8 Å². The van der Waals surface area contributed by atoms with E-state index in [1.165, 1.54) is 4.90 Å². The van der Waals surface area contributed by atoms with Crippen LogP contribution in [0.3, 0.4) is 0 Å². The van der Waals surface area contributed by atoms with Gasteiger partial charge in [0.2, 0.25) is 17.7 Å². The van der Waals surface area contributed by atoms with Gasteiger partial charge in [-0.2, -0.15) is 0 Å². The van der Waals surface area contributed by atoms with Gasteiger partial charge in [0, 0.05) is 18.1 Å². The molecular weight excluding hydrogens is 348 g/mol. The van der Waals surface area contributed by atoms with E-state index in [2.05, 4.69) is 5.32 Å². The second-order valence-corrected chi connectivity index (χ2v) is 7.72. The molecule has 0 aromatic heterocycles. The summed E-state index contributed by atoms with van der Waals surface area (Å²) in [5.41, 5.74) is 1.07. The van der Waals surface area contributed by atoms with Gasteiger partial charge in [0.15, 0.2) is 0 Å². The summed E-state index contributed by atoms with van der Waals surface area (Å²) in [5, 5.41) is 13.0. The molecule has 1 N–H and O–H groups in total. The zero-order chi connectivity index (χ0) is 19.1. The van der Waals surface area contributed by atoms with Crippen molar-refractivity contribution < 1.29 is 24.3 Å². The van der Waals surface area contributed by atoms with Gasteiger partial charge in [-0.05, 0) is 68.2 Å². The summed E-state index contributed by atoms with van der Waals surface area (Å²) in [7, 11) is 0. The number of rotatable bonds is 6. The number of imide groups is 1. The molecule has 1 aliphatic heterocycles. The van der Waals surface area contributed by atoms with Crippen LogP contribution in [0.25, 0.3) is 0 Å². The Balaban J connectivity index is 1.41. The van der Waals surface area contributed by atoms with Gasteiger partial charge >= 0.3 is 0 Å². The van der Waals surface area contributed by atoms with Crippen molar-refractivity contribution >= 4 is 35.1 Å². The molecule has 7 heteroatoms.